The molecule has 202 valence electrons. The van der Waals surface area contributed by atoms with Gasteiger partial charge in [0.25, 0.3) is 16.6 Å². The highest BCUT2D eigenvalue weighted by Crippen LogP contribution is 2.53. The summed E-state index contributed by atoms with van der Waals surface area (Å²) in [6, 6.07) is 45.2. The first-order valence-electron chi connectivity index (χ1n) is 13.8. The molecule has 7 rings (SSSR count). The van der Waals surface area contributed by atoms with Crippen molar-refractivity contribution >= 4 is 69.1 Å². The zero-order valence-corrected chi connectivity index (χ0v) is 26.5. The van der Waals surface area contributed by atoms with Gasteiger partial charge in [0, 0.05) is 24.2 Å². The molecule has 2 heterocycles. The van der Waals surface area contributed by atoms with Crippen LogP contribution >= 0.6 is 22.7 Å². The highest BCUT2D eigenvalue weighted by Gasteiger charge is 2.48. The summed E-state index contributed by atoms with van der Waals surface area (Å²) in [5.41, 5.74) is 2.31. The summed E-state index contributed by atoms with van der Waals surface area (Å²) < 4.78 is 2.10. The lowest BCUT2D eigenvalue weighted by Gasteiger charge is -2.26. The first kappa shape index (κ1) is 26.5. The Morgan fingerprint density at radius 3 is 1.00 bits per heavy atom. The lowest BCUT2D eigenvalue weighted by molar-refractivity contribution is 0.583. The first-order chi connectivity index (χ1) is 19.8. The SMILES string of the molecule is CC1(C)c2cc([Si](O)(c3ccccc3)c3ccccc3)sc2-c2sc([Si](O)(c3ccccc3)c3ccccc3)cc21. The van der Waals surface area contributed by atoms with Gasteiger partial charge in [0.2, 0.25) is 0 Å². The average Bonchev–Trinajstić information content (AvgIpc) is 3.72. The molecule has 2 aromatic heterocycles. The van der Waals surface area contributed by atoms with Gasteiger partial charge in [-0.15, -0.1) is 22.7 Å². The normalized spacial score (nSPS) is 14.0. The Hall–Kier alpha value is -3.37. The maximum absolute atomic E-state index is 12.7. The van der Waals surface area contributed by atoms with E-state index in [-0.39, 0.29) is 5.41 Å². The van der Waals surface area contributed by atoms with E-state index in [2.05, 4.69) is 74.5 Å². The predicted molar refractivity (Wildman–Crippen MR) is 179 cm³/mol. The molecule has 0 saturated carbocycles. The van der Waals surface area contributed by atoms with Crippen LogP contribution in [0, 0.1) is 0 Å². The second-order valence-electron chi connectivity index (χ2n) is 11.2. The lowest BCUT2D eigenvalue weighted by Crippen LogP contribution is -2.66. The van der Waals surface area contributed by atoms with E-state index in [1.807, 2.05) is 72.8 Å². The topological polar surface area (TPSA) is 40.5 Å². The summed E-state index contributed by atoms with van der Waals surface area (Å²) in [6.07, 6.45) is 0. The van der Waals surface area contributed by atoms with Gasteiger partial charge in [0.15, 0.2) is 0 Å². The van der Waals surface area contributed by atoms with Crippen LogP contribution in [0.5, 0.6) is 0 Å². The van der Waals surface area contributed by atoms with E-state index in [1.165, 1.54) is 20.9 Å². The number of fused-ring (bicyclic) bond motifs is 3. The molecule has 0 aliphatic heterocycles. The van der Waals surface area contributed by atoms with Crippen molar-refractivity contribution in [3.8, 4) is 9.75 Å². The molecular formula is C35H30O2S2Si2. The van der Waals surface area contributed by atoms with Crippen molar-refractivity contribution in [3.63, 3.8) is 0 Å². The fourth-order valence-corrected chi connectivity index (χ4v) is 16.9. The molecule has 0 bridgehead atoms. The van der Waals surface area contributed by atoms with Crippen LogP contribution in [0.15, 0.2) is 133 Å². The Labute approximate surface area is 251 Å². The minimum atomic E-state index is -3.21. The zero-order valence-electron chi connectivity index (χ0n) is 22.9. The van der Waals surface area contributed by atoms with Gasteiger partial charge >= 0.3 is 0 Å². The molecule has 1 aliphatic carbocycles. The summed E-state index contributed by atoms with van der Waals surface area (Å²) in [5.74, 6) is 0. The van der Waals surface area contributed by atoms with Crippen LogP contribution in [-0.2, 0) is 5.41 Å². The van der Waals surface area contributed by atoms with Gasteiger partial charge < -0.3 is 9.59 Å². The molecule has 0 atom stereocenters. The lowest BCUT2D eigenvalue weighted by atomic mass is 9.84. The molecule has 0 unspecified atom stereocenters. The fourth-order valence-electron chi connectivity index (χ4n) is 6.17. The zero-order chi connectivity index (χ0) is 28.2. The van der Waals surface area contributed by atoms with Crippen molar-refractivity contribution in [1.82, 2.24) is 0 Å². The van der Waals surface area contributed by atoms with Gasteiger partial charge in [0.05, 0.1) is 0 Å². The van der Waals surface area contributed by atoms with Crippen LogP contribution in [0.2, 0.25) is 0 Å². The van der Waals surface area contributed by atoms with Crippen molar-refractivity contribution in [2.45, 2.75) is 19.3 Å². The molecule has 0 saturated heterocycles. The highest BCUT2D eigenvalue weighted by molar-refractivity contribution is 7.37. The third-order valence-corrected chi connectivity index (χ3v) is 19.3. The number of benzene rings is 4. The molecule has 2 N–H and O–H groups in total. The largest absolute Gasteiger partial charge is 0.420 e. The van der Waals surface area contributed by atoms with E-state index in [4.69, 9.17) is 0 Å². The summed E-state index contributed by atoms with van der Waals surface area (Å²) in [5, 5.41) is 3.97. The Kier molecular flexibility index (Phi) is 6.39. The van der Waals surface area contributed by atoms with Crippen molar-refractivity contribution < 1.29 is 9.59 Å². The number of thiophene rings is 2. The molecule has 4 aromatic carbocycles. The molecule has 0 amide bonds. The van der Waals surface area contributed by atoms with Crippen molar-refractivity contribution in [1.29, 1.82) is 0 Å². The van der Waals surface area contributed by atoms with Gasteiger partial charge in [-0.3, -0.25) is 0 Å². The molecule has 1 aliphatic rings. The Balaban J connectivity index is 1.42. The number of hydrogen-bond acceptors (Lipinski definition) is 4. The predicted octanol–water partition coefficient (Wildman–Crippen LogP) is 4.03. The van der Waals surface area contributed by atoms with Gasteiger partial charge in [-0.2, -0.15) is 0 Å². The second kappa shape index (κ2) is 9.87. The maximum Gasteiger partial charge on any atom is 0.295 e. The molecule has 0 fully saturated rings. The Bertz CT molecular complexity index is 1620. The monoisotopic (exact) mass is 602 g/mol. The molecule has 6 aromatic rings. The van der Waals surface area contributed by atoms with Crippen LogP contribution in [0.4, 0.5) is 0 Å². The fraction of sp³-hybridized carbons (Fsp3) is 0.0857. The molecular weight excluding hydrogens is 573 g/mol. The van der Waals surface area contributed by atoms with Crippen LogP contribution in [-0.4, -0.2) is 26.2 Å². The van der Waals surface area contributed by atoms with Crippen molar-refractivity contribution in [2.75, 3.05) is 0 Å². The summed E-state index contributed by atoms with van der Waals surface area (Å²) in [7, 11) is -6.41. The van der Waals surface area contributed by atoms with Crippen LogP contribution < -0.4 is 29.7 Å². The van der Waals surface area contributed by atoms with E-state index in [9.17, 15) is 9.59 Å². The summed E-state index contributed by atoms with van der Waals surface area (Å²) in [4.78, 5) is 27.8. The molecule has 0 spiro atoms. The molecule has 41 heavy (non-hydrogen) atoms. The summed E-state index contributed by atoms with van der Waals surface area (Å²) in [6.45, 7) is 4.56. The van der Waals surface area contributed by atoms with E-state index in [1.54, 1.807) is 22.7 Å². The molecule has 0 radical (unpaired) electrons. The van der Waals surface area contributed by atoms with Crippen LogP contribution in [0.1, 0.15) is 25.0 Å². The van der Waals surface area contributed by atoms with Crippen LogP contribution in [0.25, 0.3) is 9.75 Å². The Morgan fingerprint density at radius 1 is 0.463 bits per heavy atom. The van der Waals surface area contributed by atoms with Gasteiger partial charge in [0.1, 0.15) is 0 Å². The molecule has 2 nitrogen and oxygen atoms in total. The molecule has 6 heteroatoms. The quantitative estimate of drug-likeness (QED) is 0.283. The first-order valence-corrected chi connectivity index (χ1v) is 19.3. The second-order valence-corrected chi connectivity index (χ2v) is 20.3. The standard InChI is InChI=1S/C35H30O2S2Si2/c1-35(2)29-23-31(40(36,25-15-7-3-8-16-25)26-17-9-4-10-18-26)38-33(29)34-30(35)24-32(39-34)41(37,27-19-11-5-12-20-27)28-21-13-6-14-22-28/h3-24,36-37H,1-2H3. The maximum atomic E-state index is 12.7. The van der Waals surface area contributed by atoms with E-state index < -0.39 is 16.6 Å². The average molecular weight is 603 g/mol. The minimum absolute atomic E-state index is 0.237. The van der Waals surface area contributed by atoms with Gasteiger partial charge in [-0.1, -0.05) is 135 Å². The van der Waals surface area contributed by atoms with E-state index in [0.29, 0.717) is 0 Å². The third-order valence-electron chi connectivity index (χ3n) is 8.50. The Morgan fingerprint density at radius 2 is 0.732 bits per heavy atom. The van der Waals surface area contributed by atoms with Crippen molar-refractivity contribution in [3.05, 3.63) is 145 Å². The summed E-state index contributed by atoms with van der Waals surface area (Å²) >= 11 is 3.47. The van der Waals surface area contributed by atoms with E-state index >= 15 is 0 Å². The van der Waals surface area contributed by atoms with Crippen LogP contribution in [0.3, 0.4) is 0 Å². The van der Waals surface area contributed by atoms with E-state index in [0.717, 1.165) is 29.7 Å². The smallest absolute Gasteiger partial charge is 0.295 e. The third kappa shape index (κ3) is 4.01. The van der Waals surface area contributed by atoms with Gasteiger partial charge in [-0.05, 0) is 44.0 Å². The van der Waals surface area contributed by atoms with Crippen molar-refractivity contribution in [2.24, 2.45) is 0 Å². The highest BCUT2D eigenvalue weighted by atomic mass is 32.1. The number of hydrogen-bond donors (Lipinski definition) is 2. The number of rotatable bonds is 6. The van der Waals surface area contributed by atoms with Gasteiger partial charge in [-0.25, -0.2) is 0 Å². The minimum Gasteiger partial charge on any atom is -0.420 e.